The summed E-state index contributed by atoms with van der Waals surface area (Å²) in [5.74, 6) is 0. The van der Waals surface area contributed by atoms with E-state index in [1.165, 1.54) is 12.1 Å². The first kappa shape index (κ1) is 16.0. The molecule has 0 atom stereocenters. The van der Waals surface area contributed by atoms with Crippen LogP contribution in [0.15, 0.2) is 18.2 Å². The Labute approximate surface area is 116 Å². The molecule has 0 aliphatic rings. The zero-order valence-corrected chi connectivity index (χ0v) is 11.6. The summed E-state index contributed by atoms with van der Waals surface area (Å²) >= 11 is 0. The van der Waals surface area contributed by atoms with Gasteiger partial charge in [-0.3, -0.25) is 20.2 Å². The number of hydrogen-bond donors (Lipinski definition) is 1. The summed E-state index contributed by atoms with van der Waals surface area (Å²) < 4.78 is 5.22. The maximum atomic E-state index is 10.9. The van der Waals surface area contributed by atoms with Crippen molar-refractivity contribution in [2.45, 2.75) is 26.0 Å². The second-order valence-corrected chi connectivity index (χ2v) is 4.89. The summed E-state index contributed by atoms with van der Waals surface area (Å²) in [6, 6.07) is 3.62. The first-order valence-electron chi connectivity index (χ1n) is 5.94. The molecule has 20 heavy (non-hydrogen) atoms. The van der Waals surface area contributed by atoms with Crippen LogP contribution in [-0.4, -0.2) is 29.1 Å². The van der Waals surface area contributed by atoms with Gasteiger partial charge in [0.25, 0.3) is 11.4 Å². The van der Waals surface area contributed by atoms with Crippen LogP contribution in [0, 0.1) is 20.2 Å². The summed E-state index contributed by atoms with van der Waals surface area (Å²) in [7, 11) is 1.58. The van der Waals surface area contributed by atoms with Crippen molar-refractivity contribution < 1.29 is 14.6 Å². The van der Waals surface area contributed by atoms with Gasteiger partial charge in [-0.1, -0.05) is 0 Å². The van der Waals surface area contributed by atoms with Crippen molar-refractivity contribution in [3.05, 3.63) is 44.0 Å². The predicted octanol–water partition coefficient (Wildman–Crippen LogP) is 2.02. The second-order valence-electron chi connectivity index (χ2n) is 4.89. The molecule has 0 saturated heterocycles. The Balaban J connectivity index is 2.85. The van der Waals surface area contributed by atoms with Gasteiger partial charge in [-0.25, -0.2) is 0 Å². The van der Waals surface area contributed by atoms with Crippen molar-refractivity contribution in [1.29, 1.82) is 0 Å². The lowest BCUT2D eigenvalue weighted by Gasteiger charge is -2.23. The lowest BCUT2D eigenvalue weighted by Crippen LogP contribution is -2.36. The van der Waals surface area contributed by atoms with E-state index in [4.69, 9.17) is 4.74 Å². The van der Waals surface area contributed by atoms with Crippen molar-refractivity contribution in [1.82, 2.24) is 5.32 Å². The van der Waals surface area contributed by atoms with Crippen LogP contribution >= 0.6 is 0 Å². The fourth-order valence-electron chi connectivity index (χ4n) is 1.56. The molecule has 0 aliphatic heterocycles. The third-order valence-electron chi connectivity index (χ3n) is 2.90. The monoisotopic (exact) mass is 283 g/mol. The van der Waals surface area contributed by atoms with Crippen LogP contribution in [0.5, 0.6) is 0 Å². The molecule has 0 spiro atoms. The zero-order valence-electron chi connectivity index (χ0n) is 11.6. The van der Waals surface area contributed by atoms with Crippen LogP contribution in [0.1, 0.15) is 19.4 Å². The lowest BCUT2D eigenvalue weighted by molar-refractivity contribution is -0.394. The normalized spacial score (nSPS) is 11.3. The third kappa shape index (κ3) is 4.25. The third-order valence-corrected chi connectivity index (χ3v) is 2.90. The van der Waals surface area contributed by atoms with E-state index in [1.807, 2.05) is 13.8 Å². The first-order chi connectivity index (χ1) is 9.26. The molecule has 0 aromatic heterocycles. The maximum Gasteiger partial charge on any atom is 0.280 e. The molecule has 0 bridgehead atoms. The highest BCUT2D eigenvalue weighted by Crippen LogP contribution is 2.24. The highest BCUT2D eigenvalue weighted by Gasteiger charge is 2.20. The van der Waals surface area contributed by atoms with Gasteiger partial charge in [0, 0.05) is 31.8 Å². The minimum atomic E-state index is -0.655. The van der Waals surface area contributed by atoms with E-state index in [-0.39, 0.29) is 17.9 Å². The number of benzene rings is 1. The summed E-state index contributed by atoms with van der Waals surface area (Å²) in [6.07, 6.45) is 0. The van der Waals surface area contributed by atoms with Gasteiger partial charge in [-0.15, -0.1) is 0 Å². The molecular formula is C12H17N3O5. The van der Waals surface area contributed by atoms with Gasteiger partial charge in [-0.2, -0.15) is 0 Å². The quantitative estimate of drug-likeness (QED) is 0.605. The molecule has 0 fully saturated rings. The number of nitrogens with zero attached hydrogens (tertiary/aromatic N) is 2. The molecule has 1 N–H and O–H groups in total. The maximum absolute atomic E-state index is 10.9. The number of nitrogens with one attached hydrogen (secondary N) is 1. The van der Waals surface area contributed by atoms with E-state index in [9.17, 15) is 20.2 Å². The molecule has 0 saturated carbocycles. The van der Waals surface area contributed by atoms with Gasteiger partial charge < -0.3 is 10.1 Å². The Morgan fingerprint density at radius 1 is 1.25 bits per heavy atom. The average Bonchev–Trinajstić information content (AvgIpc) is 2.38. The zero-order chi connectivity index (χ0) is 15.3. The molecule has 0 aliphatic carbocycles. The Kier molecular flexibility index (Phi) is 5.12. The van der Waals surface area contributed by atoms with Gasteiger partial charge >= 0.3 is 0 Å². The van der Waals surface area contributed by atoms with E-state index >= 15 is 0 Å². The smallest absolute Gasteiger partial charge is 0.280 e. The molecule has 110 valence electrons. The molecule has 0 unspecified atom stereocenters. The minimum absolute atomic E-state index is 0.237. The topological polar surface area (TPSA) is 108 Å². The van der Waals surface area contributed by atoms with Crippen molar-refractivity contribution in [2.24, 2.45) is 0 Å². The predicted molar refractivity (Wildman–Crippen MR) is 72.5 cm³/mol. The molecule has 1 rings (SSSR count). The standard InChI is InChI=1S/C12H17N3O5/c1-12(2,20-3)8-13-7-9-4-5-10(14(16)17)6-11(9)15(18)19/h4-6,13H,7-8H2,1-3H3. The van der Waals surface area contributed by atoms with Gasteiger partial charge in [-0.05, 0) is 19.9 Å². The summed E-state index contributed by atoms with van der Waals surface area (Å²) in [5, 5.41) is 24.6. The van der Waals surface area contributed by atoms with Crippen molar-refractivity contribution >= 4 is 11.4 Å². The van der Waals surface area contributed by atoms with E-state index in [0.29, 0.717) is 12.1 Å². The number of ether oxygens (including phenoxy) is 1. The number of rotatable bonds is 7. The van der Waals surface area contributed by atoms with E-state index < -0.39 is 15.4 Å². The van der Waals surface area contributed by atoms with Crippen LogP contribution in [0.4, 0.5) is 11.4 Å². The number of nitro groups is 2. The highest BCUT2D eigenvalue weighted by atomic mass is 16.6. The van der Waals surface area contributed by atoms with Gasteiger partial charge in [0.2, 0.25) is 0 Å². The molecule has 0 heterocycles. The van der Waals surface area contributed by atoms with Crippen LogP contribution in [0.3, 0.4) is 0 Å². The molecule has 8 nitrogen and oxygen atoms in total. The molecule has 8 heteroatoms. The van der Waals surface area contributed by atoms with Crippen molar-refractivity contribution in [3.8, 4) is 0 Å². The molecule has 0 radical (unpaired) electrons. The Morgan fingerprint density at radius 2 is 1.90 bits per heavy atom. The molecular weight excluding hydrogens is 266 g/mol. The summed E-state index contributed by atoms with van der Waals surface area (Å²) in [4.78, 5) is 20.3. The number of non-ortho nitro benzene ring substituents is 1. The SMILES string of the molecule is COC(C)(C)CNCc1ccc([N+](=O)[O-])cc1[N+](=O)[O-]. The molecule has 1 aromatic carbocycles. The minimum Gasteiger partial charge on any atom is -0.377 e. The van der Waals surface area contributed by atoms with Gasteiger partial charge in [0.15, 0.2) is 0 Å². The van der Waals surface area contributed by atoms with Crippen LogP contribution in [-0.2, 0) is 11.3 Å². The largest absolute Gasteiger partial charge is 0.377 e. The van der Waals surface area contributed by atoms with Crippen LogP contribution in [0.25, 0.3) is 0 Å². The Bertz CT molecular complexity index is 516. The fourth-order valence-corrected chi connectivity index (χ4v) is 1.56. The summed E-state index contributed by atoms with van der Waals surface area (Å²) in [6.45, 7) is 4.49. The van der Waals surface area contributed by atoms with Crippen LogP contribution in [0.2, 0.25) is 0 Å². The number of methoxy groups -OCH3 is 1. The van der Waals surface area contributed by atoms with E-state index in [2.05, 4.69) is 5.32 Å². The van der Waals surface area contributed by atoms with Crippen LogP contribution < -0.4 is 5.32 Å². The second kappa shape index (κ2) is 6.40. The Hall–Kier alpha value is -2.06. The fraction of sp³-hybridized carbons (Fsp3) is 0.500. The first-order valence-corrected chi connectivity index (χ1v) is 5.94. The van der Waals surface area contributed by atoms with Gasteiger partial charge in [0.05, 0.1) is 21.5 Å². The molecule has 1 aromatic rings. The Morgan fingerprint density at radius 3 is 2.40 bits per heavy atom. The average molecular weight is 283 g/mol. The summed E-state index contributed by atoms with van der Waals surface area (Å²) in [5.41, 5.74) is -0.553. The molecule has 0 amide bonds. The van der Waals surface area contributed by atoms with Crippen molar-refractivity contribution in [2.75, 3.05) is 13.7 Å². The number of hydrogen-bond acceptors (Lipinski definition) is 6. The van der Waals surface area contributed by atoms with Crippen molar-refractivity contribution in [3.63, 3.8) is 0 Å². The lowest BCUT2D eigenvalue weighted by atomic mass is 10.1. The van der Waals surface area contributed by atoms with E-state index in [0.717, 1.165) is 6.07 Å². The number of nitro benzene ring substituents is 2. The van der Waals surface area contributed by atoms with E-state index in [1.54, 1.807) is 7.11 Å². The van der Waals surface area contributed by atoms with Gasteiger partial charge in [0.1, 0.15) is 0 Å². The highest BCUT2D eigenvalue weighted by molar-refractivity contribution is 5.49.